The van der Waals surface area contributed by atoms with Gasteiger partial charge in [-0.05, 0) is 18.1 Å². The van der Waals surface area contributed by atoms with Crippen LogP contribution in [0.15, 0.2) is 24.3 Å². The van der Waals surface area contributed by atoms with Gasteiger partial charge in [-0.2, -0.15) is 0 Å². The van der Waals surface area contributed by atoms with Gasteiger partial charge in [0.05, 0.1) is 0 Å². The zero-order valence-corrected chi connectivity index (χ0v) is 9.52. The third-order valence-corrected chi connectivity index (χ3v) is 2.72. The first-order valence-corrected chi connectivity index (χ1v) is 5.57. The van der Waals surface area contributed by atoms with Crippen LogP contribution in [0.3, 0.4) is 0 Å². The van der Waals surface area contributed by atoms with Crippen molar-refractivity contribution in [1.82, 2.24) is 0 Å². The van der Waals surface area contributed by atoms with Crippen molar-refractivity contribution < 1.29 is 0 Å². The summed E-state index contributed by atoms with van der Waals surface area (Å²) in [5.41, 5.74) is 2.72. The first-order chi connectivity index (χ1) is 5.25. The van der Waals surface area contributed by atoms with Crippen LogP contribution < -0.4 is 0 Å². The highest BCUT2D eigenvalue weighted by Gasteiger charge is 2.04. The molecule has 0 radical (unpaired) electrons. The largest absolute Gasteiger partial charge is 0.0876 e. The highest BCUT2D eigenvalue weighted by Crippen LogP contribution is 2.26. The Hall–Kier alpha value is 0.180. The number of rotatable bonds is 2. The van der Waals surface area contributed by atoms with E-state index in [0.29, 0.717) is 4.83 Å². The summed E-state index contributed by atoms with van der Waals surface area (Å²) in [4.78, 5) is 0.441. The Morgan fingerprint density at radius 2 is 1.92 bits per heavy atom. The molecule has 0 aliphatic carbocycles. The lowest BCUT2D eigenvalue weighted by Gasteiger charge is -2.07. The van der Waals surface area contributed by atoms with E-state index in [-0.39, 0.29) is 7.43 Å². The minimum atomic E-state index is 0. The highest BCUT2D eigenvalue weighted by atomic mass is 79.9. The Bertz CT molecular complexity index is 231. The lowest BCUT2D eigenvalue weighted by Crippen LogP contribution is -1.89. The predicted octanol–water partition coefficient (Wildman–Crippen LogP) is 4.67. The third kappa shape index (κ3) is 2.91. The van der Waals surface area contributed by atoms with Gasteiger partial charge in [-0.15, -0.1) is 0 Å². The van der Waals surface area contributed by atoms with Crippen molar-refractivity contribution in [2.24, 2.45) is 0 Å². The van der Waals surface area contributed by atoms with E-state index in [1.54, 1.807) is 0 Å². The summed E-state index contributed by atoms with van der Waals surface area (Å²) < 4.78 is 0. The van der Waals surface area contributed by atoms with Gasteiger partial charge in [0.2, 0.25) is 0 Å². The Balaban J connectivity index is 0.00000121. The van der Waals surface area contributed by atoms with E-state index in [0.717, 1.165) is 5.33 Å². The van der Waals surface area contributed by atoms with Gasteiger partial charge >= 0.3 is 0 Å². The minimum absolute atomic E-state index is 0. The van der Waals surface area contributed by atoms with E-state index in [1.165, 1.54) is 11.1 Å². The molecule has 0 amide bonds. The van der Waals surface area contributed by atoms with Gasteiger partial charge < -0.3 is 0 Å². The fourth-order valence-electron chi connectivity index (χ4n) is 1.04. The lowest BCUT2D eigenvalue weighted by atomic mass is 10.1. The second kappa shape index (κ2) is 5.76. The molecule has 0 aliphatic heterocycles. The SMILES string of the molecule is C.CC(Br)c1ccccc1CBr. The van der Waals surface area contributed by atoms with E-state index in [4.69, 9.17) is 0 Å². The predicted molar refractivity (Wildman–Crippen MR) is 63.1 cm³/mol. The number of alkyl halides is 2. The van der Waals surface area contributed by atoms with E-state index in [9.17, 15) is 0 Å². The topological polar surface area (TPSA) is 0 Å². The summed E-state index contributed by atoms with van der Waals surface area (Å²) in [5, 5.41) is 0.930. The van der Waals surface area contributed by atoms with E-state index in [1.807, 2.05) is 0 Å². The molecule has 0 N–H and O–H groups in total. The van der Waals surface area contributed by atoms with Crippen molar-refractivity contribution in [3.05, 3.63) is 35.4 Å². The Morgan fingerprint density at radius 1 is 1.33 bits per heavy atom. The molecule has 12 heavy (non-hydrogen) atoms. The van der Waals surface area contributed by atoms with Crippen LogP contribution in [-0.4, -0.2) is 0 Å². The van der Waals surface area contributed by atoms with Crippen LogP contribution in [0, 0.1) is 0 Å². The fourth-order valence-corrected chi connectivity index (χ4v) is 2.00. The van der Waals surface area contributed by atoms with Gasteiger partial charge in [-0.1, -0.05) is 63.6 Å². The molecule has 1 aromatic rings. The molecule has 0 nitrogen and oxygen atoms in total. The summed E-state index contributed by atoms with van der Waals surface area (Å²) >= 11 is 7.01. The van der Waals surface area contributed by atoms with Crippen molar-refractivity contribution in [3.8, 4) is 0 Å². The number of halogens is 2. The third-order valence-electron chi connectivity index (χ3n) is 1.63. The zero-order valence-electron chi connectivity index (χ0n) is 6.35. The molecule has 0 fully saturated rings. The number of hydrogen-bond acceptors (Lipinski definition) is 0. The smallest absolute Gasteiger partial charge is 0.0370 e. The zero-order chi connectivity index (χ0) is 8.27. The monoisotopic (exact) mass is 292 g/mol. The van der Waals surface area contributed by atoms with Gasteiger partial charge in [0, 0.05) is 10.2 Å². The van der Waals surface area contributed by atoms with Crippen molar-refractivity contribution in [2.45, 2.75) is 24.5 Å². The van der Waals surface area contributed by atoms with Crippen LogP contribution in [0.25, 0.3) is 0 Å². The van der Waals surface area contributed by atoms with Crippen LogP contribution >= 0.6 is 31.9 Å². The maximum atomic E-state index is 3.55. The van der Waals surface area contributed by atoms with Crippen LogP contribution in [0.5, 0.6) is 0 Å². The van der Waals surface area contributed by atoms with Gasteiger partial charge in [0.1, 0.15) is 0 Å². The van der Waals surface area contributed by atoms with Crippen LogP contribution in [0.1, 0.15) is 30.3 Å². The van der Waals surface area contributed by atoms with Crippen LogP contribution in [0.2, 0.25) is 0 Å². The molecule has 0 spiro atoms. The van der Waals surface area contributed by atoms with Crippen molar-refractivity contribution in [1.29, 1.82) is 0 Å². The Morgan fingerprint density at radius 3 is 2.33 bits per heavy atom. The summed E-state index contributed by atoms with van der Waals surface area (Å²) in [6.45, 7) is 2.14. The minimum Gasteiger partial charge on any atom is -0.0876 e. The summed E-state index contributed by atoms with van der Waals surface area (Å²) in [6.07, 6.45) is 0. The molecule has 0 heterocycles. The van der Waals surface area contributed by atoms with E-state index >= 15 is 0 Å². The number of hydrogen-bond donors (Lipinski definition) is 0. The summed E-state index contributed by atoms with van der Waals surface area (Å²) in [6, 6.07) is 8.42. The Kier molecular flexibility index (Phi) is 5.85. The van der Waals surface area contributed by atoms with Gasteiger partial charge in [0.25, 0.3) is 0 Å². The molecule has 2 heteroatoms. The maximum Gasteiger partial charge on any atom is 0.0370 e. The van der Waals surface area contributed by atoms with Gasteiger partial charge in [0.15, 0.2) is 0 Å². The number of benzene rings is 1. The average molecular weight is 294 g/mol. The summed E-state index contributed by atoms with van der Waals surface area (Å²) in [5.74, 6) is 0. The fraction of sp³-hybridized carbons (Fsp3) is 0.400. The normalized spacial score (nSPS) is 11.9. The molecule has 0 bridgehead atoms. The average Bonchev–Trinajstić information content (AvgIpc) is 2.04. The Labute approximate surface area is 91.6 Å². The second-order valence-electron chi connectivity index (χ2n) is 2.45. The molecule has 0 saturated heterocycles. The summed E-state index contributed by atoms with van der Waals surface area (Å²) in [7, 11) is 0. The van der Waals surface area contributed by atoms with Crippen molar-refractivity contribution >= 4 is 31.9 Å². The molecule has 1 aromatic carbocycles. The maximum absolute atomic E-state index is 3.55. The van der Waals surface area contributed by atoms with E-state index < -0.39 is 0 Å². The van der Waals surface area contributed by atoms with Gasteiger partial charge in [-0.25, -0.2) is 0 Å². The molecule has 0 aliphatic rings. The quantitative estimate of drug-likeness (QED) is 0.695. The first-order valence-electron chi connectivity index (χ1n) is 3.53. The molecule has 1 rings (SSSR count). The van der Waals surface area contributed by atoms with Crippen LogP contribution in [-0.2, 0) is 5.33 Å². The van der Waals surface area contributed by atoms with Crippen molar-refractivity contribution in [2.75, 3.05) is 0 Å². The molecule has 1 atom stereocenters. The van der Waals surface area contributed by atoms with Crippen LogP contribution in [0.4, 0.5) is 0 Å². The van der Waals surface area contributed by atoms with Crippen molar-refractivity contribution in [3.63, 3.8) is 0 Å². The molecular formula is C10H14Br2. The molecule has 1 unspecified atom stereocenters. The molecule has 0 aromatic heterocycles. The first kappa shape index (κ1) is 12.2. The highest BCUT2D eigenvalue weighted by molar-refractivity contribution is 9.09. The molecule has 0 saturated carbocycles. The standard InChI is InChI=1S/C9H10Br2.CH4/c1-7(11)9-5-3-2-4-8(9)6-10;/h2-5,7H,6H2,1H3;1H4. The molecule has 68 valence electrons. The second-order valence-corrected chi connectivity index (χ2v) is 4.38. The van der Waals surface area contributed by atoms with E-state index in [2.05, 4.69) is 63.0 Å². The van der Waals surface area contributed by atoms with Gasteiger partial charge in [-0.3, -0.25) is 0 Å². The molecular weight excluding hydrogens is 280 g/mol. The lowest BCUT2D eigenvalue weighted by molar-refractivity contribution is 1.09.